The van der Waals surface area contributed by atoms with Crippen LogP contribution >= 0.6 is 12.4 Å². The van der Waals surface area contributed by atoms with E-state index in [1.54, 1.807) is 0 Å². The molecule has 1 N–H and O–H groups in total. The molecule has 0 unspecified atom stereocenters. The van der Waals surface area contributed by atoms with Gasteiger partial charge in [-0.05, 0) is 24.7 Å². The fourth-order valence-corrected chi connectivity index (χ4v) is 1.94. The highest BCUT2D eigenvalue weighted by molar-refractivity contribution is 5.85. The highest BCUT2D eigenvalue weighted by Gasteiger charge is 2.04. The average molecular weight is 321 g/mol. The van der Waals surface area contributed by atoms with E-state index in [1.807, 2.05) is 55.6 Å². The number of nitrogens with zero attached hydrogens (tertiary/aromatic N) is 1. The second kappa shape index (κ2) is 9.82. The van der Waals surface area contributed by atoms with Crippen LogP contribution in [-0.4, -0.2) is 31.2 Å². The topological polar surface area (TPSA) is 41.6 Å². The maximum Gasteiger partial charge on any atom is 0.411 e. The first-order chi connectivity index (χ1) is 10.2. The van der Waals surface area contributed by atoms with Crippen LogP contribution in [0.25, 0.3) is 0 Å². The second-order valence-electron chi connectivity index (χ2n) is 4.85. The van der Waals surface area contributed by atoms with Crippen LogP contribution in [0.4, 0.5) is 10.5 Å². The minimum absolute atomic E-state index is 0. The summed E-state index contributed by atoms with van der Waals surface area (Å²) in [5.74, 6) is 0. The fraction of sp³-hybridized carbons (Fsp3) is 0.235. The lowest BCUT2D eigenvalue weighted by atomic mass is 10.2. The van der Waals surface area contributed by atoms with Crippen LogP contribution in [0.2, 0.25) is 0 Å². The molecule has 4 nitrogen and oxygen atoms in total. The van der Waals surface area contributed by atoms with E-state index in [4.69, 9.17) is 4.74 Å². The van der Waals surface area contributed by atoms with Crippen LogP contribution < -0.4 is 5.32 Å². The lowest BCUT2D eigenvalue weighted by Crippen LogP contribution is -2.25. The molecule has 0 aliphatic rings. The first-order valence-corrected chi connectivity index (χ1v) is 6.95. The predicted molar refractivity (Wildman–Crippen MR) is 91.4 cm³/mol. The number of benzene rings is 2. The van der Waals surface area contributed by atoms with Crippen LogP contribution in [0.15, 0.2) is 60.7 Å². The van der Waals surface area contributed by atoms with Gasteiger partial charge in [-0.2, -0.15) is 0 Å². The summed E-state index contributed by atoms with van der Waals surface area (Å²) in [5.41, 5.74) is 1.98. The van der Waals surface area contributed by atoms with Crippen molar-refractivity contribution < 1.29 is 9.53 Å². The van der Waals surface area contributed by atoms with Gasteiger partial charge in [0, 0.05) is 18.8 Å². The molecule has 0 spiro atoms. The molecule has 0 saturated heterocycles. The van der Waals surface area contributed by atoms with Crippen LogP contribution in [-0.2, 0) is 11.3 Å². The molecule has 1 amide bonds. The Morgan fingerprint density at radius 1 is 1.05 bits per heavy atom. The fourth-order valence-electron chi connectivity index (χ4n) is 1.94. The third-order valence-electron chi connectivity index (χ3n) is 3.02. The van der Waals surface area contributed by atoms with Gasteiger partial charge >= 0.3 is 6.09 Å². The standard InChI is InChI=1S/C17H20N2O2.ClH/c1-19(14-15-8-4-2-5-9-15)12-13-21-17(20)18-16-10-6-3-7-11-16;/h2-11H,12-14H2,1H3,(H,18,20);1H. The van der Waals surface area contributed by atoms with Gasteiger partial charge in [0.25, 0.3) is 0 Å². The summed E-state index contributed by atoms with van der Waals surface area (Å²) < 4.78 is 5.16. The SMILES string of the molecule is CN(CCOC(=O)Nc1ccccc1)Cc1ccccc1.Cl. The van der Waals surface area contributed by atoms with Crippen molar-refractivity contribution in [1.82, 2.24) is 4.90 Å². The first-order valence-electron chi connectivity index (χ1n) is 6.95. The molecule has 2 aromatic carbocycles. The molecule has 0 atom stereocenters. The number of para-hydroxylation sites is 1. The quantitative estimate of drug-likeness (QED) is 0.880. The van der Waals surface area contributed by atoms with Gasteiger partial charge in [0.2, 0.25) is 0 Å². The van der Waals surface area contributed by atoms with Crippen molar-refractivity contribution in [2.24, 2.45) is 0 Å². The molecular formula is C17H21ClN2O2. The second-order valence-corrected chi connectivity index (χ2v) is 4.85. The van der Waals surface area contributed by atoms with E-state index >= 15 is 0 Å². The Balaban J connectivity index is 0.00000242. The van der Waals surface area contributed by atoms with Crippen molar-refractivity contribution in [1.29, 1.82) is 0 Å². The zero-order valence-corrected chi connectivity index (χ0v) is 13.4. The lowest BCUT2D eigenvalue weighted by molar-refractivity contribution is 0.145. The van der Waals surface area contributed by atoms with E-state index in [2.05, 4.69) is 22.3 Å². The van der Waals surface area contributed by atoms with Crippen LogP contribution in [0.1, 0.15) is 5.56 Å². The van der Waals surface area contributed by atoms with Crippen LogP contribution in [0.5, 0.6) is 0 Å². The number of halogens is 1. The normalized spacial score (nSPS) is 9.91. The van der Waals surface area contributed by atoms with E-state index in [-0.39, 0.29) is 12.4 Å². The Hall–Kier alpha value is -2.04. The number of rotatable bonds is 6. The number of nitrogens with one attached hydrogen (secondary N) is 1. The van der Waals surface area contributed by atoms with Crippen molar-refractivity contribution in [2.75, 3.05) is 25.5 Å². The van der Waals surface area contributed by atoms with E-state index < -0.39 is 6.09 Å². The number of hydrogen-bond acceptors (Lipinski definition) is 3. The molecule has 0 bridgehead atoms. The van der Waals surface area contributed by atoms with E-state index in [1.165, 1.54) is 5.56 Å². The van der Waals surface area contributed by atoms with E-state index in [0.29, 0.717) is 13.2 Å². The maximum absolute atomic E-state index is 11.6. The smallest absolute Gasteiger partial charge is 0.411 e. The summed E-state index contributed by atoms with van der Waals surface area (Å²) in [5, 5.41) is 2.69. The average Bonchev–Trinajstić information content (AvgIpc) is 2.49. The van der Waals surface area contributed by atoms with Gasteiger partial charge in [0.05, 0.1) is 0 Å². The molecule has 0 aromatic heterocycles. The number of carbonyl (C=O) groups excluding carboxylic acids is 1. The Kier molecular flexibility index (Phi) is 8.04. The summed E-state index contributed by atoms with van der Waals surface area (Å²) in [6.45, 7) is 1.89. The molecule has 0 fully saturated rings. The highest BCUT2D eigenvalue weighted by atomic mass is 35.5. The molecule has 2 rings (SSSR count). The predicted octanol–water partition coefficient (Wildman–Crippen LogP) is 3.79. The Morgan fingerprint density at radius 3 is 2.27 bits per heavy atom. The summed E-state index contributed by atoms with van der Waals surface area (Å²) >= 11 is 0. The number of anilines is 1. The molecular weight excluding hydrogens is 300 g/mol. The number of amides is 1. The van der Waals surface area contributed by atoms with Crippen LogP contribution in [0.3, 0.4) is 0 Å². The first kappa shape index (κ1) is 18.0. The Bertz CT molecular complexity index is 549. The monoisotopic (exact) mass is 320 g/mol. The summed E-state index contributed by atoms with van der Waals surface area (Å²) in [7, 11) is 2.01. The molecule has 0 radical (unpaired) electrons. The summed E-state index contributed by atoms with van der Waals surface area (Å²) in [4.78, 5) is 13.7. The van der Waals surface area contributed by atoms with Crippen molar-refractivity contribution in [3.63, 3.8) is 0 Å². The van der Waals surface area contributed by atoms with Gasteiger partial charge in [0.15, 0.2) is 0 Å². The van der Waals surface area contributed by atoms with Crippen LogP contribution in [0, 0.1) is 0 Å². The molecule has 0 heterocycles. The van der Waals surface area contributed by atoms with Gasteiger partial charge in [-0.15, -0.1) is 12.4 Å². The van der Waals surface area contributed by atoms with Crippen molar-refractivity contribution in [2.45, 2.75) is 6.54 Å². The number of likely N-dealkylation sites (N-methyl/N-ethyl adjacent to an activating group) is 1. The van der Waals surface area contributed by atoms with Gasteiger partial charge in [-0.1, -0.05) is 48.5 Å². The summed E-state index contributed by atoms with van der Waals surface area (Å²) in [6.07, 6.45) is -0.422. The molecule has 0 aliphatic carbocycles. The van der Waals surface area contributed by atoms with Crippen molar-refractivity contribution >= 4 is 24.2 Å². The number of hydrogen-bond donors (Lipinski definition) is 1. The summed E-state index contributed by atoms with van der Waals surface area (Å²) in [6, 6.07) is 19.5. The zero-order valence-electron chi connectivity index (χ0n) is 12.6. The largest absolute Gasteiger partial charge is 0.448 e. The Morgan fingerprint density at radius 2 is 1.64 bits per heavy atom. The number of ether oxygens (including phenoxy) is 1. The third-order valence-corrected chi connectivity index (χ3v) is 3.02. The molecule has 0 saturated carbocycles. The van der Waals surface area contributed by atoms with Gasteiger partial charge in [-0.25, -0.2) is 4.79 Å². The Labute approximate surface area is 137 Å². The molecule has 118 valence electrons. The molecule has 5 heteroatoms. The van der Waals surface area contributed by atoms with Gasteiger partial charge in [0.1, 0.15) is 6.61 Å². The third kappa shape index (κ3) is 6.61. The van der Waals surface area contributed by atoms with Gasteiger partial charge in [-0.3, -0.25) is 10.2 Å². The molecule has 22 heavy (non-hydrogen) atoms. The highest BCUT2D eigenvalue weighted by Crippen LogP contribution is 2.05. The minimum atomic E-state index is -0.422. The number of carbonyl (C=O) groups is 1. The lowest BCUT2D eigenvalue weighted by Gasteiger charge is -2.16. The van der Waals surface area contributed by atoms with E-state index in [9.17, 15) is 4.79 Å². The van der Waals surface area contributed by atoms with E-state index in [0.717, 1.165) is 12.2 Å². The maximum atomic E-state index is 11.6. The van der Waals surface area contributed by atoms with Gasteiger partial charge < -0.3 is 4.74 Å². The van der Waals surface area contributed by atoms with Crippen molar-refractivity contribution in [3.8, 4) is 0 Å². The molecule has 0 aliphatic heterocycles. The van der Waals surface area contributed by atoms with Crippen molar-refractivity contribution in [3.05, 3.63) is 66.2 Å². The minimum Gasteiger partial charge on any atom is -0.448 e. The molecule has 2 aromatic rings. The zero-order chi connectivity index (χ0) is 14.9.